The number of carbonyl (C=O) groups excluding carboxylic acids is 1. The zero-order chi connectivity index (χ0) is 12.1. The molecule has 0 saturated heterocycles. The van der Waals surface area contributed by atoms with Gasteiger partial charge in [0.2, 0.25) is 0 Å². The van der Waals surface area contributed by atoms with Gasteiger partial charge >= 0.3 is 6.09 Å². The SMILES string of the molecule is N#Cc1c(NC(=O)O)cccc1C(=O)NO. The van der Waals surface area contributed by atoms with Crippen LogP contribution < -0.4 is 10.8 Å². The highest BCUT2D eigenvalue weighted by molar-refractivity contribution is 5.99. The Morgan fingerprint density at radius 2 is 2.06 bits per heavy atom. The summed E-state index contributed by atoms with van der Waals surface area (Å²) in [5.74, 6) is -0.884. The highest BCUT2D eigenvalue weighted by Crippen LogP contribution is 2.18. The van der Waals surface area contributed by atoms with Gasteiger partial charge in [0.25, 0.3) is 5.91 Å². The van der Waals surface area contributed by atoms with Crippen molar-refractivity contribution in [1.29, 1.82) is 5.26 Å². The van der Waals surface area contributed by atoms with Crippen molar-refractivity contribution in [3.63, 3.8) is 0 Å². The molecule has 7 nitrogen and oxygen atoms in total. The van der Waals surface area contributed by atoms with Gasteiger partial charge < -0.3 is 5.11 Å². The molecule has 0 spiro atoms. The first-order valence-corrected chi connectivity index (χ1v) is 4.07. The third-order valence-electron chi connectivity index (χ3n) is 1.76. The first-order valence-electron chi connectivity index (χ1n) is 4.07. The Balaban J connectivity index is 3.27. The first kappa shape index (κ1) is 11.5. The summed E-state index contributed by atoms with van der Waals surface area (Å²) >= 11 is 0. The number of nitrogens with one attached hydrogen (secondary N) is 2. The molecule has 0 saturated carbocycles. The molecule has 0 unspecified atom stereocenters. The summed E-state index contributed by atoms with van der Waals surface area (Å²) in [5, 5.41) is 27.7. The van der Waals surface area contributed by atoms with E-state index < -0.39 is 12.0 Å². The van der Waals surface area contributed by atoms with Gasteiger partial charge in [-0.3, -0.25) is 15.3 Å². The molecule has 2 amide bonds. The minimum atomic E-state index is -1.35. The number of rotatable bonds is 2. The van der Waals surface area contributed by atoms with E-state index in [-0.39, 0.29) is 16.8 Å². The van der Waals surface area contributed by atoms with Crippen molar-refractivity contribution in [2.45, 2.75) is 0 Å². The van der Waals surface area contributed by atoms with Crippen LogP contribution in [0, 0.1) is 11.3 Å². The van der Waals surface area contributed by atoms with Crippen LogP contribution >= 0.6 is 0 Å². The number of hydrogen-bond donors (Lipinski definition) is 4. The zero-order valence-corrected chi connectivity index (χ0v) is 7.89. The van der Waals surface area contributed by atoms with Gasteiger partial charge in [-0.15, -0.1) is 0 Å². The van der Waals surface area contributed by atoms with Gasteiger partial charge in [0.05, 0.1) is 16.8 Å². The van der Waals surface area contributed by atoms with Crippen molar-refractivity contribution >= 4 is 17.7 Å². The Hall–Kier alpha value is -2.59. The van der Waals surface area contributed by atoms with E-state index in [1.54, 1.807) is 6.07 Å². The van der Waals surface area contributed by atoms with E-state index in [2.05, 4.69) is 0 Å². The summed E-state index contributed by atoms with van der Waals surface area (Å²) < 4.78 is 0. The summed E-state index contributed by atoms with van der Waals surface area (Å²) in [6.07, 6.45) is -1.35. The van der Waals surface area contributed by atoms with Gasteiger partial charge in [-0.2, -0.15) is 5.26 Å². The molecule has 1 aromatic carbocycles. The van der Waals surface area contributed by atoms with Gasteiger partial charge in [-0.05, 0) is 12.1 Å². The summed E-state index contributed by atoms with van der Waals surface area (Å²) in [6, 6.07) is 5.70. The molecule has 0 aliphatic carbocycles. The highest BCUT2D eigenvalue weighted by Gasteiger charge is 2.15. The van der Waals surface area contributed by atoms with Gasteiger partial charge in [0.1, 0.15) is 6.07 Å². The van der Waals surface area contributed by atoms with Gasteiger partial charge in [0.15, 0.2) is 0 Å². The molecule has 4 N–H and O–H groups in total. The van der Waals surface area contributed by atoms with Crippen molar-refractivity contribution in [2.24, 2.45) is 0 Å². The maximum Gasteiger partial charge on any atom is 0.409 e. The number of nitriles is 1. The second-order valence-electron chi connectivity index (χ2n) is 2.71. The maximum absolute atomic E-state index is 11.1. The summed E-state index contributed by atoms with van der Waals surface area (Å²) in [5.41, 5.74) is 1.08. The number of benzene rings is 1. The Morgan fingerprint density at radius 1 is 1.38 bits per heavy atom. The average Bonchev–Trinajstić information content (AvgIpc) is 2.27. The van der Waals surface area contributed by atoms with E-state index in [1.165, 1.54) is 23.7 Å². The van der Waals surface area contributed by atoms with E-state index in [1.807, 2.05) is 5.32 Å². The largest absolute Gasteiger partial charge is 0.465 e. The van der Waals surface area contributed by atoms with Crippen molar-refractivity contribution in [2.75, 3.05) is 5.32 Å². The van der Waals surface area contributed by atoms with Crippen LogP contribution in [0.3, 0.4) is 0 Å². The lowest BCUT2D eigenvalue weighted by Gasteiger charge is -2.06. The fourth-order valence-electron chi connectivity index (χ4n) is 1.14. The molecule has 0 aliphatic heterocycles. The first-order chi connectivity index (χ1) is 7.60. The van der Waals surface area contributed by atoms with Gasteiger partial charge in [0, 0.05) is 0 Å². The Labute approximate surface area is 89.9 Å². The molecule has 0 aromatic heterocycles. The summed E-state index contributed by atoms with van der Waals surface area (Å²) in [4.78, 5) is 21.6. The van der Waals surface area contributed by atoms with Crippen LogP contribution in [-0.2, 0) is 0 Å². The van der Waals surface area contributed by atoms with Crippen LogP contribution in [0.4, 0.5) is 10.5 Å². The van der Waals surface area contributed by atoms with Crippen molar-refractivity contribution in [3.05, 3.63) is 29.3 Å². The molecule has 1 rings (SSSR count). The quantitative estimate of drug-likeness (QED) is 0.434. The Bertz CT molecular complexity index is 478. The Morgan fingerprint density at radius 3 is 2.56 bits per heavy atom. The molecule has 0 fully saturated rings. The molecule has 0 aliphatic rings. The van der Waals surface area contributed by atoms with Crippen LogP contribution in [0.15, 0.2) is 18.2 Å². The molecule has 0 atom stereocenters. The molecule has 1 aromatic rings. The molecule has 16 heavy (non-hydrogen) atoms. The fourth-order valence-corrected chi connectivity index (χ4v) is 1.14. The normalized spacial score (nSPS) is 9.00. The smallest absolute Gasteiger partial charge is 0.409 e. The summed E-state index contributed by atoms with van der Waals surface area (Å²) in [6.45, 7) is 0. The average molecular weight is 221 g/mol. The number of amides is 2. The van der Waals surface area contributed by atoms with Gasteiger partial charge in [-0.25, -0.2) is 10.3 Å². The molecule has 0 bridgehead atoms. The van der Waals surface area contributed by atoms with Crippen LogP contribution in [0.5, 0.6) is 0 Å². The maximum atomic E-state index is 11.1. The fraction of sp³-hybridized carbons (Fsp3) is 0. The predicted octanol–water partition coefficient (Wildman–Crippen LogP) is 0.767. The van der Waals surface area contributed by atoms with Crippen LogP contribution in [-0.4, -0.2) is 22.3 Å². The zero-order valence-electron chi connectivity index (χ0n) is 7.89. The number of carbonyl (C=O) groups is 2. The third kappa shape index (κ3) is 2.26. The van der Waals surface area contributed by atoms with Crippen molar-refractivity contribution in [3.8, 4) is 6.07 Å². The van der Waals surface area contributed by atoms with E-state index in [0.29, 0.717) is 0 Å². The highest BCUT2D eigenvalue weighted by atomic mass is 16.5. The molecule has 7 heteroatoms. The molecular formula is C9H7N3O4. The number of hydrogen-bond acceptors (Lipinski definition) is 4. The van der Waals surface area contributed by atoms with E-state index in [9.17, 15) is 9.59 Å². The van der Waals surface area contributed by atoms with Crippen LogP contribution in [0.1, 0.15) is 15.9 Å². The molecule has 0 heterocycles. The lowest BCUT2D eigenvalue weighted by molar-refractivity contribution is 0.0706. The standard InChI is InChI=1S/C9H7N3O4/c10-4-6-5(8(13)12-16)2-1-3-7(6)11-9(14)15/h1-3,11,16H,(H,12,13)(H,14,15). The number of carboxylic acid groups (broad SMARTS) is 1. The monoisotopic (exact) mass is 221 g/mol. The lowest BCUT2D eigenvalue weighted by Crippen LogP contribution is -2.20. The van der Waals surface area contributed by atoms with E-state index in [4.69, 9.17) is 15.6 Å². The molecular weight excluding hydrogens is 214 g/mol. The second kappa shape index (κ2) is 4.77. The van der Waals surface area contributed by atoms with E-state index in [0.717, 1.165) is 0 Å². The minimum Gasteiger partial charge on any atom is -0.465 e. The van der Waals surface area contributed by atoms with E-state index >= 15 is 0 Å². The van der Waals surface area contributed by atoms with Crippen molar-refractivity contribution < 1.29 is 19.9 Å². The Kier molecular flexibility index (Phi) is 3.42. The van der Waals surface area contributed by atoms with Crippen LogP contribution in [0.25, 0.3) is 0 Å². The predicted molar refractivity (Wildman–Crippen MR) is 52.1 cm³/mol. The molecule has 0 radical (unpaired) electrons. The number of hydroxylamine groups is 1. The molecule has 82 valence electrons. The second-order valence-corrected chi connectivity index (χ2v) is 2.71. The van der Waals surface area contributed by atoms with Gasteiger partial charge in [-0.1, -0.05) is 6.07 Å². The summed E-state index contributed by atoms with van der Waals surface area (Å²) in [7, 11) is 0. The number of anilines is 1. The minimum absolute atomic E-state index is 0.0175. The third-order valence-corrected chi connectivity index (χ3v) is 1.76. The van der Waals surface area contributed by atoms with Crippen molar-refractivity contribution in [1.82, 2.24) is 5.48 Å². The van der Waals surface area contributed by atoms with Crippen LogP contribution in [0.2, 0.25) is 0 Å². The topological polar surface area (TPSA) is 122 Å². The lowest BCUT2D eigenvalue weighted by atomic mass is 10.1. The number of nitrogens with zero attached hydrogens (tertiary/aromatic N) is 1.